The van der Waals surface area contributed by atoms with E-state index in [1.165, 1.54) is 11.1 Å². The first-order chi connectivity index (χ1) is 12.7. The summed E-state index contributed by atoms with van der Waals surface area (Å²) in [4.78, 5) is 11.0. The molecule has 0 saturated heterocycles. The van der Waals surface area contributed by atoms with Gasteiger partial charge in [0, 0.05) is 6.42 Å². The molecule has 0 fully saturated rings. The number of azo groups is 1. The van der Waals surface area contributed by atoms with Crippen LogP contribution in [0.4, 0.5) is 11.4 Å². The van der Waals surface area contributed by atoms with Gasteiger partial charge in [0.25, 0.3) is 0 Å². The van der Waals surface area contributed by atoms with Crippen LogP contribution < -0.4 is 0 Å². The quantitative estimate of drug-likeness (QED) is 0.280. The minimum Gasteiger partial charge on any atom is -0.466 e. The Kier molecular flexibility index (Phi) is 8.53. The summed E-state index contributed by atoms with van der Waals surface area (Å²) >= 11 is 0. The Morgan fingerprint density at radius 1 is 0.846 bits per heavy atom. The lowest BCUT2D eigenvalue weighted by Crippen LogP contribution is -2.03. The molecule has 0 saturated carbocycles. The first kappa shape index (κ1) is 19.8. The second kappa shape index (κ2) is 11.2. The van der Waals surface area contributed by atoms with Gasteiger partial charge in [-0.2, -0.15) is 10.2 Å². The molecule has 0 atom stereocenters. The number of hydrogen-bond donors (Lipinski definition) is 0. The van der Waals surface area contributed by atoms with E-state index in [1.54, 1.807) is 0 Å². The molecule has 0 amide bonds. The second-order valence-corrected chi connectivity index (χ2v) is 6.44. The molecule has 4 nitrogen and oxygen atoms in total. The Bertz CT molecular complexity index is 691. The molecule has 0 aliphatic heterocycles. The van der Waals surface area contributed by atoms with E-state index in [9.17, 15) is 4.79 Å². The fourth-order valence-electron chi connectivity index (χ4n) is 2.53. The first-order valence-electron chi connectivity index (χ1n) is 9.40. The van der Waals surface area contributed by atoms with Crippen molar-refractivity contribution in [1.29, 1.82) is 0 Å². The Balaban J connectivity index is 1.66. The minimum atomic E-state index is -0.107. The average molecular weight is 352 g/mol. The number of ether oxygens (including phenoxy) is 1. The van der Waals surface area contributed by atoms with Crippen molar-refractivity contribution in [3.05, 3.63) is 59.7 Å². The highest BCUT2D eigenvalue weighted by molar-refractivity contribution is 5.68. The van der Waals surface area contributed by atoms with Crippen LogP contribution in [0.15, 0.2) is 58.8 Å². The van der Waals surface area contributed by atoms with E-state index in [0.717, 1.165) is 43.5 Å². The predicted octanol–water partition coefficient (Wildman–Crippen LogP) is 6.47. The number of benzene rings is 2. The number of unbranched alkanes of at least 4 members (excludes halogenated alkanes) is 3. The summed E-state index contributed by atoms with van der Waals surface area (Å²) in [5.41, 5.74) is 4.27. The van der Waals surface area contributed by atoms with Gasteiger partial charge in [0.15, 0.2) is 0 Å². The molecule has 2 aromatic carbocycles. The van der Waals surface area contributed by atoms with Crippen LogP contribution in [0.5, 0.6) is 0 Å². The molecule has 0 aliphatic rings. The second-order valence-electron chi connectivity index (χ2n) is 6.44. The van der Waals surface area contributed by atoms with Gasteiger partial charge >= 0.3 is 5.97 Å². The van der Waals surface area contributed by atoms with Crippen LogP contribution in [0.25, 0.3) is 0 Å². The van der Waals surface area contributed by atoms with E-state index in [0.29, 0.717) is 13.0 Å². The summed E-state index contributed by atoms with van der Waals surface area (Å²) < 4.78 is 5.07. The van der Waals surface area contributed by atoms with E-state index < -0.39 is 0 Å². The standard InChI is InChI=1S/C22H28N2O2/c1-3-22(25)26-17-7-5-4-6-8-19-11-15-21(16-12-19)24-23-20-13-9-18(2)10-14-20/h9-16H,3-8,17H2,1-2H3. The maximum absolute atomic E-state index is 11.0. The Hall–Kier alpha value is -2.49. The first-order valence-corrected chi connectivity index (χ1v) is 9.40. The average Bonchev–Trinajstić information content (AvgIpc) is 2.67. The monoisotopic (exact) mass is 352 g/mol. The summed E-state index contributed by atoms with van der Waals surface area (Å²) in [5.74, 6) is -0.107. The highest BCUT2D eigenvalue weighted by Gasteiger charge is 1.99. The van der Waals surface area contributed by atoms with E-state index in [1.807, 2.05) is 43.3 Å². The van der Waals surface area contributed by atoms with Gasteiger partial charge in [0.2, 0.25) is 0 Å². The number of esters is 1. The van der Waals surface area contributed by atoms with Gasteiger partial charge < -0.3 is 4.74 Å². The van der Waals surface area contributed by atoms with Crippen LogP contribution in [0.2, 0.25) is 0 Å². The third kappa shape index (κ3) is 7.60. The minimum absolute atomic E-state index is 0.107. The number of carbonyl (C=O) groups is 1. The van der Waals surface area contributed by atoms with Gasteiger partial charge in [-0.15, -0.1) is 0 Å². The van der Waals surface area contributed by atoms with Crippen molar-refractivity contribution in [3.8, 4) is 0 Å². The summed E-state index contributed by atoms with van der Waals surface area (Å²) in [5, 5.41) is 8.54. The Morgan fingerprint density at radius 2 is 1.42 bits per heavy atom. The smallest absolute Gasteiger partial charge is 0.305 e. The number of rotatable bonds is 10. The lowest BCUT2D eigenvalue weighted by Gasteiger charge is -2.04. The fourth-order valence-corrected chi connectivity index (χ4v) is 2.53. The van der Waals surface area contributed by atoms with E-state index >= 15 is 0 Å². The van der Waals surface area contributed by atoms with E-state index in [-0.39, 0.29) is 5.97 Å². The molecule has 2 aromatic rings. The molecule has 2 rings (SSSR count). The molecule has 0 spiro atoms. The summed E-state index contributed by atoms with van der Waals surface area (Å²) in [7, 11) is 0. The van der Waals surface area contributed by atoms with Gasteiger partial charge in [-0.1, -0.05) is 49.6 Å². The third-order valence-corrected chi connectivity index (χ3v) is 4.16. The molecular formula is C22H28N2O2. The van der Waals surface area contributed by atoms with Crippen LogP contribution >= 0.6 is 0 Å². The van der Waals surface area contributed by atoms with Crippen LogP contribution in [0.3, 0.4) is 0 Å². The Morgan fingerprint density at radius 3 is 2.04 bits per heavy atom. The predicted molar refractivity (Wildman–Crippen MR) is 105 cm³/mol. The maximum atomic E-state index is 11.0. The van der Waals surface area contributed by atoms with Crippen molar-refractivity contribution in [3.63, 3.8) is 0 Å². The zero-order chi connectivity index (χ0) is 18.6. The number of aryl methyl sites for hydroxylation is 2. The van der Waals surface area contributed by atoms with Crippen molar-refractivity contribution in [2.24, 2.45) is 10.2 Å². The molecule has 0 radical (unpaired) electrons. The van der Waals surface area contributed by atoms with Crippen LogP contribution in [-0.4, -0.2) is 12.6 Å². The normalized spacial score (nSPS) is 11.0. The Labute approximate surface area is 156 Å². The van der Waals surface area contributed by atoms with Gasteiger partial charge in [-0.3, -0.25) is 4.79 Å². The molecule has 0 N–H and O–H groups in total. The largest absolute Gasteiger partial charge is 0.466 e. The van der Waals surface area contributed by atoms with E-state index in [4.69, 9.17) is 4.74 Å². The molecule has 0 aromatic heterocycles. The number of hydrogen-bond acceptors (Lipinski definition) is 4. The molecule has 138 valence electrons. The lowest BCUT2D eigenvalue weighted by molar-refractivity contribution is -0.143. The van der Waals surface area contributed by atoms with Crippen LogP contribution in [0.1, 0.15) is 50.2 Å². The van der Waals surface area contributed by atoms with Crippen molar-refractivity contribution >= 4 is 17.3 Å². The fraction of sp³-hybridized carbons (Fsp3) is 0.409. The highest BCUT2D eigenvalue weighted by Crippen LogP contribution is 2.19. The van der Waals surface area contributed by atoms with Gasteiger partial charge in [0.05, 0.1) is 18.0 Å². The maximum Gasteiger partial charge on any atom is 0.305 e. The van der Waals surface area contributed by atoms with Crippen molar-refractivity contribution in [1.82, 2.24) is 0 Å². The highest BCUT2D eigenvalue weighted by atomic mass is 16.5. The lowest BCUT2D eigenvalue weighted by atomic mass is 10.1. The zero-order valence-corrected chi connectivity index (χ0v) is 15.8. The SMILES string of the molecule is CCC(=O)OCCCCCCc1ccc(N=Nc2ccc(C)cc2)cc1. The molecule has 0 unspecified atom stereocenters. The number of carbonyl (C=O) groups excluding carboxylic acids is 1. The molecule has 0 aliphatic carbocycles. The van der Waals surface area contributed by atoms with Crippen molar-refractivity contribution in [2.45, 2.75) is 52.4 Å². The molecule has 4 heteroatoms. The van der Waals surface area contributed by atoms with Crippen molar-refractivity contribution < 1.29 is 9.53 Å². The van der Waals surface area contributed by atoms with Gasteiger partial charge in [-0.05, 0) is 56.0 Å². The molecule has 26 heavy (non-hydrogen) atoms. The van der Waals surface area contributed by atoms with Crippen LogP contribution in [-0.2, 0) is 16.0 Å². The summed E-state index contributed by atoms with van der Waals surface area (Å²) in [6.07, 6.45) is 5.86. The van der Waals surface area contributed by atoms with Gasteiger partial charge in [0.1, 0.15) is 0 Å². The topological polar surface area (TPSA) is 51.0 Å². The van der Waals surface area contributed by atoms with E-state index in [2.05, 4.69) is 29.3 Å². The number of nitrogens with zero attached hydrogens (tertiary/aromatic N) is 2. The summed E-state index contributed by atoms with van der Waals surface area (Å²) in [6, 6.07) is 16.3. The van der Waals surface area contributed by atoms with Crippen molar-refractivity contribution in [2.75, 3.05) is 6.61 Å². The molecule has 0 heterocycles. The zero-order valence-electron chi connectivity index (χ0n) is 15.8. The van der Waals surface area contributed by atoms with Crippen LogP contribution in [0, 0.1) is 6.92 Å². The van der Waals surface area contributed by atoms with Gasteiger partial charge in [-0.25, -0.2) is 0 Å². The third-order valence-electron chi connectivity index (χ3n) is 4.16. The molecular weight excluding hydrogens is 324 g/mol. The summed E-state index contributed by atoms with van der Waals surface area (Å²) in [6.45, 7) is 4.42. The molecule has 0 bridgehead atoms.